The molecule has 12 aromatic carbocycles. The van der Waals surface area contributed by atoms with Crippen LogP contribution in [0.5, 0.6) is 0 Å². The average Bonchev–Trinajstić information content (AvgIpc) is 3.73. The summed E-state index contributed by atoms with van der Waals surface area (Å²) >= 11 is 0. The van der Waals surface area contributed by atoms with Gasteiger partial charge in [0.2, 0.25) is 0 Å². The van der Waals surface area contributed by atoms with Crippen LogP contribution in [0.2, 0.25) is 0 Å². The van der Waals surface area contributed by atoms with Gasteiger partial charge >= 0.3 is 0 Å². The predicted molar refractivity (Wildman–Crippen MR) is 341 cm³/mol. The van der Waals surface area contributed by atoms with Crippen LogP contribution in [0.1, 0.15) is 25.0 Å². The highest BCUT2D eigenvalue weighted by Crippen LogP contribution is 2.57. The summed E-state index contributed by atoms with van der Waals surface area (Å²) < 4.78 is 4.89. The fourth-order valence-electron chi connectivity index (χ4n) is 14.5. The monoisotopic (exact) mass is 1030 g/mol. The van der Waals surface area contributed by atoms with Gasteiger partial charge < -0.3 is 23.8 Å². The standard InChI is InChI=1S/C75H52BN5/c1-75(2)58-38-21-18-35-55(58)69-59(75)43-44-60-73(69)80(52-31-14-6-15-32-52)67-47-54(77(49-25-8-3-9-26-49)64-41-24-42-65-70(64)56-36-19-22-39-62(56)78(65)50-27-10-4-11-28-50)48-68-72(67)76(60)61-45-46-66-71(74(61)81(68)53-33-16-7-17-34-53)57-37-20-23-40-63(57)79(66)51-29-12-5-13-30-51/h3-48H,1-2H3. The summed E-state index contributed by atoms with van der Waals surface area (Å²) in [5, 5.41) is 4.83. The van der Waals surface area contributed by atoms with E-state index in [0.29, 0.717) is 0 Å². The third-order valence-electron chi connectivity index (χ3n) is 17.8. The van der Waals surface area contributed by atoms with Crippen molar-refractivity contribution in [2.24, 2.45) is 0 Å². The molecule has 380 valence electrons. The molecule has 0 saturated heterocycles. The maximum Gasteiger partial charge on any atom is 0.252 e. The number of fused-ring (bicyclic) bond motifs is 15. The Morgan fingerprint density at radius 1 is 0.358 bits per heavy atom. The lowest BCUT2D eigenvalue weighted by Gasteiger charge is -2.46. The van der Waals surface area contributed by atoms with Crippen LogP contribution in [0.4, 0.5) is 51.2 Å². The van der Waals surface area contributed by atoms with Crippen molar-refractivity contribution < 1.29 is 0 Å². The molecule has 4 heterocycles. The lowest BCUT2D eigenvalue weighted by molar-refractivity contribution is 0.660. The zero-order valence-electron chi connectivity index (χ0n) is 44.9. The van der Waals surface area contributed by atoms with Crippen LogP contribution < -0.4 is 31.1 Å². The number of nitrogens with zero attached hydrogens (tertiary/aromatic N) is 5. The Morgan fingerprint density at radius 2 is 0.827 bits per heavy atom. The number of hydrogen-bond donors (Lipinski definition) is 0. The Hall–Kier alpha value is -10.3. The van der Waals surface area contributed by atoms with E-state index in [1.165, 1.54) is 82.6 Å². The molecule has 0 saturated carbocycles. The number of para-hydroxylation sites is 7. The second-order valence-corrected chi connectivity index (χ2v) is 22.4. The maximum atomic E-state index is 2.63. The first-order valence-corrected chi connectivity index (χ1v) is 28.2. The number of aromatic nitrogens is 2. The SMILES string of the molecule is CC1(C)c2ccccc2-c2c1ccc1c2N(c2ccccc2)c2cc(N(c3ccccc3)c3cccc4c3c3ccccc3n4-c3ccccc3)cc3c2B1c1ccc2c(c1N3c1ccccc1)c1ccccc1n2-c1ccccc1. The zero-order chi connectivity index (χ0) is 53.5. The topological polar surface area (TPSA) is 19.6 Å². The van der Waals surface area contributed by atoms with Gasteiger partial charge in [0.05, 0.1) is 39.1 Å². The van der Waals surface area contributed by atoms with Crippen LogP contribution in [-0.4, -0.2) is 15.8 Å². The van der Waals surface area contributed by atoms with E-state index >= 15 is 0 Å². The van der Waals surface area contributed by atoms with E-state index in [1.54, 1.807) is 0 Å². The second kappa shape index (κ2) is 17.4. The van der Waals surface area contributed by atoms with E-state index in [-0.39, 0.29) is 12.1 Å². The molecule has 0 spiro atoms. The first-order chi connectivity index (χ1) is 40.0. The van der Waals surface area contributed by atoms with Crippen molar-refractivity contribution in [2.45, 2.75) is 19.3 Å². The second-order valence-electron chi connectivity index (χ2n) is 22.4. The van der Waals surface area contributed by atoms with Crippen LogP contribution in [0.3, 0.4) is 0 Å². The molecular weight excluding hydrogens is 982 g/mol. The Labute approximate surface area is 471 Å². The Bertz CT molecular complexity index is 4860. The molecule has 0 atom stereocenters. The van der Waals surface area contributed by atoms with Crippen molar-refractivity contribution in [3.05, 3.63) is 290 Å². The van der Waals surface area contributed by atoms with Gasteiger partial charge in [-0.3, -0.25) is 0 Å². The first-order valence-electron chi connectivity index (χ1n) is 28.2. The minimum absolute atomic E-state index is 0.143. The molecule has 2 aliphatic heterocycles. The molecule has 81 heavy (non-hydrogen) atoms. The molecule has 0 bridgehead atoms. The highest BCUT2D eigenvalue weighted by molar-refractivity contribution is 7.00. The molecule has 0 fully saturated rings. The van der Waals surface area contributed by atoms with Crippen molar-refractivity contribution in [1.29, 1.82) is 0 Å². The summed E-state index contributed by atoms with van der Waals surface area (Å²) in [6.07, 6.45) is 0. The fraction of sp³-hybridized carbons (Fsp3) is 0.0400. The van der Waals surface area contributed by atoms with Gasteiger partial charge in [-0.15, -0.1) is 0 Å². The van der Waals surface area contributed by atoms with Crippen molar-refractivity contribution in [3.8, 4) is 22.5 Å². The largest absolute Gasteiger partial charge is 0.311 e. The minimum Gasteiger partial charge on any atom is -0.311 e. The first kappa shape index (κ1) is 45.7. The van der Waals surface area contributed by atoms with Gasteiger partial charge in [0.25, 0.3) is 6.71 Å². The highest BCUT2D eigenvalue weighted by atomic mass is 15.2. The molecule has 1 aliphatic carbocycles. The van der Waals surface area contributed by atoms with Crippen LogP contribution in [0.15, 0.2) is 279 Å². The maximum absolute atomic E-state index is 2.63. The number of benzene rings is 12. The molecule has 17 rings (SSSR count). The Balaban J connectivity index is 1.05. The lowest BCUT2D eigenvalue weighted by Crippen LogP contribution is -2.61. The van der Waals surface area contributed by atoms with Crippen LogP contribution in [0.25, 0.3) is 66.1 Å². The molecule has 6 heteroatoms. The normalized spacial score (nSPS) is 13.6. The van der Waals surface area contributed by atoms with Gasteiger partial charge in [-0.25, -0.2) is 0 Å². The molecule has 0 unspecified atom stereocenters. The van der Waals surface area contributed by atoms with Crippen LogP contribution in [-0.2, 0) is 5.41 Å². The Kier molecular flexibility index (Phi) is 9.79. The molecule has 14 aromatic rings. The number of hydrogen-bond acceptors (Lipinski definition) is 3. The predicted octanol–water partition coefficient (Wildman–Crippen LogP) is 17.7. The zero-order valence-corrected chi connectivity index (χ0v) is 44.9. The smallest absolute Gasteiger partial charge is 0.252 e. The van der Waals surface area contributed by atoms with Gasteiger partial charge in [0, 0.05) is 78.0 Å². The molecule has 3 aliphatic rings. The van der Waals surface area contributed by atoms with Gasteiger partial charge in [-0.2, -0.15) is 0 Å². The quantitative estimate of drug-likeness (QED) is 0.148. The fourth-order valence-corrected chi connectivity index (χ4v) is 14.5. The third kappa shape index (κ3) is 6.44. The summed E-state index contributed by atoms with van der Waals surface area (Å²) in [5.41, 5.74) is 26.0. The summed E-state index contributed by atoms with van der Waals surface area (Å²) in [6, 6.07) is 104. The number of rotatable bonds is 7. The van der Waals surface area contributed by atoms with E-state index in [1.807, 2.05) is 0 Å². The van der Waals surface area contributed by atoms with Crippen molar-refractivity contribution in [3.63, 3.8) is 0 Å². The van der Waals surface area contributed by atoms with Gasteiger partial charge in [0.15, 0.2) is 0 Å². The van der Waals surface area contributed by atoms with Crippen molar-refractivity contribution in [2.75, 3.05) is 14.7 Å². The van der Waals surface area contributed by atoms with E-state index in [0.717, 1.165) is 62.2 Å². The van der Waals surface area contributed by atoms with Crippen molar-refractivity contribution >= 4 is 118 Å². The highest BCUT2D eigenvalue weighted by Gasteiger charge is 2.48. The summed E-state index contributed by atoms with van der Waals surface area (Å²) in [5.74, 6) is 0. The summed E-state index contributed by atoms with van der Waals surface area (Å²) in [6.45, 7) is 4.67. The van der Waals surface area contributed by atoms with E-state index in [2.05, 4.69) is 317 Å². The van der Waals surface area contributed by atoms with Gasteiger partial charge in [-0.05, 0) is 136 Å². The van der Waals surface area contributed by atoms with E-state index in [4.69, 9.17) is 0 Å². The van der Waals surface area contributed by atoms with Crippen molar-refractivity contribution in [1.82, 2.24) is 9.13 Å². The molecule has 5 nitrogen and oxygen atoms in total. The molecule has 0 radical (unpaired) electrons. The molecule has 0 amide bonds. The molecule has 0 N–H and O–H groups in total. The van der Waals surface area contributed by atoms with E-state index < -0.39 is 0 Å². The van der Waals surface area contributed by atoms with Gasteiger partial charge in [0.1, 0.15) is 0 Å². The average molecular weight is 1030 g/mol. The van der Waals surface area contributed by atoms with Crippen LogP contribution >= 0.6 is 0 Å². The third-order valence-corrected chi connectivity index (χ3v) is 17.8. The summed E-state index contributed by atoms with van der Waals surface area (Å²) in [4.78, 5) is 7.77. The molecule has 2 aromatic heterocycles. The van der Waals surface area contributed by atoms with Crippen LogP contribution in [0, 0.1) is 0 Å². The minimum atomic E-state index is -0.224. The number of anilines is 9. The van der Waals surface area contributed by atoms with Gasteiger partial charge in [-0.1, -0.05) is 190 Å². The Morgan fingerprint density at radius 3 is 1.44 bits per heavy atom. The van der Waals surface area contributed by atoms with E-state index in [9.17, 15) is 0 Å². The lowest BCUT2D eigenvalue weighted by atomic mass is 9.33. The summed E-state index contributed by atoms with van der Waals surface area (Å²) in [7, 11) is 0. The molecular formula is C75H52BN5.